The van der Waals surface area contributed by atoms with E-state index < -0.39 is 9.04 Å². The second-order valence-corrected chi connectivity index (χ2v) is 12.7. The van der Waals surface area contributed by atoms with Crippen LogP contribution in [0.3, 0.4) is 0 Å². The molecule has 0 spiro atoms. The highest BCUT2D eigenvalue weighted by Crippen LogP contribution is 2.42. The van der Waals surface area contributed by atoms with Gasteiger partial charge in [-0.25, -0.2) is 9.97 Å². The van der Waals surface area contributed by atoms with Crippen molar-refractivity contribution >= 4 is 47.8 Å². The number of nitrogens with one attached hydrogen (secondary N) is 1. The first-order valence-corrected chi connectivity index (χ1v) is 14.7. The third-order valence-corrected chi connectivity index (χ3v) is 6.91. The maximum absolute atomic E-state index is 6.63. The Balaban J connectivity index is 1.76. The standard InChI is InChI=1S/C23H32BrN5O2Si/c1-23(2,3)20(31-32(4)5)17-14-16(6-7-18(17)28-10-12-30-13-11-28)27-21-22-25-8-9-29(22)19(24)15-26-21/h6-9,14-15,20,32H,10-13H2,1-5H3,(H,26,27). The van der Waals surface area contributed by atoms with E-state index in [1.807, 2.05) is 10.6 Å². The summed E-state index contributed by atoms with van der Waals surface area (Å²) >= 11 is 3.53. The second kappa shape index (κ2) is 9.50. The fourth-order valence-corrected chi connectivity index (χ4v) is 5.55. The quantitative estimate of drug-likeness (QED) is 0.455. The van der Waals surface area contributed by atoms with Crippen molar-refractivity contribution in [2.24, 2.45) is 5.41 Å². The zero-order chi connectivity index (χ0) is 22.9. The van der Waals surface area contributed by atoms with Crippen LogP contribution in [0.2, 0.25) is 13.1 Å². The molecule has 4 rings (SSSR count). The van der Waals surface area contributed by atoms with E-state index in [4.69, 9.17) is 9.16 Å². The van der Waals surface area contributed by atoms with E-state index in [1.54, 1.807) is 12.4 Å². The lowest BCUT2D eigenvalue weighted by Gasteiger charge is -2.38. The highest BCUT2D eigenvalue weighted by molar-refractivity contribution is 9.10. The Morgan fingerprint density at radius 3 is 2.62 bits per heavy atom. The van der Waals surface area contributed by atoms with Gasteiger partial charge in [0, 0.05) is 42.4 Å². The first kappa shape index (κ1) is 23.2. The van der Waals surface area contributed by atoms with Gasteiger partial charge >= 0.3 is 0 Å². The molecule has 3 heterocycles. The normalized spacial score (nSPS) is 16.0. The fraction of sp³-hybridized carbons (Fsp3) is 0.478. The molecule has 9 heteroatoms. The van der Waals surface area contributed by atoms with Gasteiger partial charge in [0.2, 0.25) is 0 Å². The van der Waals surface area contributed by atoms with Crippen LogP contribution in [0.4, 0.5) is 17.2 Å². The first-order chi connectivity index (χ1) is 15.2. The van der Waals surface area contributed by atoms with E-state index in [9.17, 15) is 0 Å². The zero-order valence-corrected chi connectivity index (χ0v) is 22.2. The Morgan fingerprint density at radius 2 is 1.94 bits per heavy atom. The number of anilines is 3. The van der Waals surface area contributed by atoms with Crippen LogP contribution in [-0.4, -0.2) is 49.7 Å². The summed E-state index contributed by atoms with van der Waals surface area (Å²) in [6, 6.07) is 6.54. The molecule has 0 saturated carbocycles. The Bertz CT molecular complexity index is 1080. The molecule has 172 valence electrons. The molecule has 1 aliphatic heterocycles. The van der Waals surface area contributed by atoms with E-state index in [-0.39, 0.29) is 11.5 Å². The fourth-order valence-electron chi connectivity index (χ4n) is 4.06. The van der Waals surface area contributed by atoms with Gasteiger partial charge in [-0.1, -0.05) is 20.8 Å². The van der Waals surface area contributed by atoms with Crippen LogP contribution in [0, 0.1) is 5.41 Å². The number of hydrogen-bond donors (Lipinski definition) is 1. The predicted octanol–water partition coefficient (Wildman–Crippen LogP) is 5.16. The topological polar surface area (TPSA) is 63.9 Å². The number of aromatic nitrogens is 3. The van der Waals surface area contributed by atoms with Crippen molar-refractivity contribution in [2.75, 3.05) is 36.5 Å². The van der Waals surface area contributed by atoms with Gasteiger partial charge in [-0.2, -0.15) is 0 Å². The molecule has 1 aromatic carbocycles. The molecule has 0 radical (unpaired) electrons. The number of hydrogen-bond acceptors (Lipinski definition) is 6. The van der Waals surface area contributed by atoms with Gasteiger partial charge in [-0.15, -0.1) is 0 Å². The summed E-state index contributed by atoms with van der Waals surface area (Å²) in [6.07, 6.45) is 5.47. The van der Waals surface area contributed by atoms with Crippen molar-refractivity contribution < 1.29 is 9.16 Å². The largest absolute Gasteiger partial charge is 0.413 e. The Kier molecular flexibility index (Phi) is 6.90. The molecule has 1 unspecified atom stereocenters. The van der Waals surface area contributed by atoms with Crippen LogP contribution in [0.5, 0.6) is 0 Å². The average molecular weight is 519 g/mol. The molecule has 1 N–H and O–H groups in total. The van der Waals surface area contributed by atoms with E-state index in [1.165, 1.54) is 11.3 Å². The predicted molar refractivity (Wildman–Crippen MR) is 136 cm³/mol. The highest BCUT2D eigenvalue weighted by Gasteiger charge is 2.31. The van der Waals surface area contributed by atoms with Crippen LogP contribution < -0.4 is 10.2 Å². The maximum Gasteiger partial charge on any atom is 0.181 e. The zero-order valence-electron chi connectivity index (χ0n) is 19.4. The summed E-state index contributed by atoms with van der Waals surface area (Å²) in [5.41, 5.74) is 4.14. The van der Waals surface area contributed by atoms with E-state index in [0.29, 0.717) is 0 Å². The van der Waals surface area contributed by atoms with Gasteiger partial charge in [-0.05, 0) is 52.6 Å². The maximum atomic E-state index is 6.63. The summed E-state index contributed by atoms with van der Waals surface area (Å²) in [5.74, 6) is 0.717. The van der Waals surface area contributed by atoms with Crippen molar-refractivity contribution in [3.63, 3.8) is 0 Å². The molecular weight excluding hydrogens is 486 g/mol. The summed E-state index contributed by atoms with van der Waals surface area (Å²) in [4.78, 5) is 11.4. The number of rotatable bonds is 6. The molecule has 3 aromatic rings. The first-order valence-electron chi connectivity index (χ1n) is 11.1. The van der Waals surface area contributed by atoms with Crippen molar-refractivity contribution in [2.45, 2.75) is 40.0 Å². The number of morpholine rings is 1. The molecule has 7 nitrogen and oxygen atoms in total. The van der Waals surface area contributed by atoms with Crippen LogP contribution in [0.15, 0.2) is 41.4 Å². The van der Waals surface area contributed by atoms with E-state index >= 15 is 0 Å². The van der Waals surface area contributed by atoms with Crippen molar-refractivity contribution in [1.82, 2.24) is 14.4 Å². The van der Waals surface area contributed by atoms with Crippen LogP contribution >= 0.6 is 15.9 Å². The molecule has 1 fully saturated rings. The Labute approximate surface area is 200 Å². The second-order valence-electron chi connectivity index (χ2n) is 9.48. The molecular formula is C23H32BrN5O2Si. The van der Waals surface area contributed by atoms with Gasteiger partial charge in [0.05, 0.1) is 25.5 Å². The number of nitrogens with zero attached hydrogens (tertiary/aromatic N) is 4. The van der Waals surface area contributed by atoms with E-state index in [2.05, 4.69) is 88.2 Å². The van der Waals surface area contributed by atoms with Gasteiger partial charge in [0.15, 0.2) is 20.5 Å². The molecule has 0 aliphatic carbocycles. The van der Waals surface area contributed by atoms with Crippen LogP contribution in [0.25, 0.3) is 5.65 Å². The number of benzene rings is 1. The minimum absolute atomic E-state index is 0.00178. The minimum Gasteiger partial charge on any atom is -0.413 e. The van der Waals surface area contributed by atoms with Crippen molar-refractivity contribution in [3.8, 4) is 0 Å². The summed E-state index contributed by atoms with van der Waals surface area (Å²) in [7, 11) is -1.27. The minimum atomic E-state index is -1.27. The molecule has 1 atom stereocenters. The van der Waals surface area contributed by atoms with Crippen LogP contribution in [0.1, 0.15) is 32.4 Å². The molecule has 32 heavy (non-hydrogen) atoms. The summed E-state index contributed by atoms with van der Waals surface area (Å²) < 4.78 is 15.1. The SMILES string of the molecule is C[SiH](C)OC(c1cc(Nc2ncc(Br)n3ccnc23)ccc1N1CCOCC1)C(C)(C)C. The Hall–Kier alpha value is -1.94. The van der Waals surface area contributed by atoms with Crippen molar-refractivity contribution in [1.29, 1.82) is 0 Å². The molecule has 2 aromatic heterocycles. The molecule has 0 bridgehead atoms. The lowest BCUT2D eigenvalue weighted by molar-refractivity contribution is 0.0861. The molecule has 0 amide bonds. The molecule has 1 aliphatic rings. The van der Waals surface area contributed by atoms with Gasteiger partial charge in [-0.3, -0.25) is 4.40 Å². The van der Waals surface area contributed by atoms with E-state index in [0.717, 1.165) is 48.1 Å². The smallest absolute Gasteiger partial charge is 0.181 e. The van der Waals surface area contributed by atoms with Crippen LogP contribution in [-0.2, 0) is 9.16 Å². The lowest BCUT2D eigenvalue weighted by atomic mass is 9.83. The lowest BCUT2D eigenvalue weighted by Crippen LogP contribution is -2.38. The highest BCUT2D eigenvalue weighted by atomic mass is 79.9. The third kappa shape index (κ3) is 5.01. The summed E-state index contributed by atoms with van der Waals surface area (Å²) in [6.45, 7) is 14.5. The number of halogens is 1. The number of ether oxygens (including phenoxy) is 1. The number of fused-ring (bicyclic) bond motifs is 1. The Morgan fingerprint density at radius 1 is 1.19 bits per heavy atom. The van der Waals surface area contributed by atoms with Crippen molar-refractivity contribution in [3.05, 3.63) is 47.0 Å². The monoisotopic (exact) mass is 517 g/mol. The van der Waals surface area contributed by atoms with Gasteiger partial charge < -0.3 is 19.4 Å². The average Bonchev–Trinajstić information content (AvgIpc) is 3.25. The van der Waals surface area contributed by atoms with Gasteiger partial charge in [0.1, 0.15) is 4.60 Å². The van der Waals surface area contributed by atoms with Gasteiger partial charge in [0.25, 0.3) is 0 Å². The summed E-state index contributed by atoms with van der Waals surface area (Å²) in [5, 5.41) is 3.49. The third-order valence-electron chi connectivity index (χ3n) is 5.50. The molecule has 1 saturated heterocycles. The number of imidazole rings is 1.